The molecule has 1 amide bonds. The van der Waals surface area contributed by atoms with Crippen molar-refractivity contribution in [2.24, 2.45) is 0 Å². The fraction of sp³-hybridized carbons (Fsp3) is 0.235. The number of anilines is 1. The first-order valence-electron chi connectivity index (χ1n) is 7.21. The fourth-order valence-corrected chi connectivity index (χ4v) is 2.35. The quantitative estimate of drug-likeness (QED) is 0.655. The molecule has 0 aliphatic carbocycles. The van der Waals surface area contributed by atoms with E-state index in [2.05, 4.69) is 10.1 Å². The Morgan fingerprint density at radius 2 is 1.79 bits per heavy atom. The van der Waals surface area contributed by atoms with Crippen molar-refractivity contribution in [2.75, 3.05) is 12.4 Å². The normalized spacial score (nSPS) is 10.3. The molecule has 7 nitrogen and oxygen atoms in total. The number of benzene rings is 1. The van der Waals surface area contributed by atoms with Crippen LogP contribution in [0, 0.1) is 13.8 Å². The number of phenols is 1. The largest absolute Gasteiger partial charge is 0.506 e. The summed E-state index contributed by atoms with van der Waals surface area (Å²) in [6, 6.07) is 6.98. The fourth-order valence-electron chi connectivity index (χ4n) is 2.35. The number of aromatic nitrogens is 1. The van der Waals surface area contributed by atoms with Crippen LogP contribution < -0.4 is 10.7 Å². The number of ether oxygens (including phenoxy) is 1. The van der Waals surface area contributed by atoms with Crippen molar-refractivity contribution in [3.63, 3.8) is 0 Å². The molecule has 2 N–H and O–H groups in total. The Labute approximate surface area is 138 Å². The van der Waals surface area contributed by atoms with Crippen LogP contribution in [0.3, 0.4) is 0 Å². The molecule has 0 aliphatic heterocycles. The van der Waals surface area contributed by atoms with Crippen molar-refractivity contribution in [1.29, 1.82) is 0 Å². The van der Waals surface area contributed by atoms with E-state index in [0.29, 0.717) is 11.4 Å². The summed E-state index contributed by atoms with van der Waals surface area (Å²) < 4.78 is 6.25. The highest BCUT2D eigenvalue weighted by molar-refractivity contribution is 5.94. The zero-order valence-electron chi connectivity index (χ0n) is 13.6. The van der Waals surface area contributed by atoms with E-state index >= 15 is 0 Å². The number of phenolic OH excluding ortho intramolecular Hbond substituents is 1. The lowest BCUT2D eigenvalue weighted by Gasteiger charge is -2.14. The van der Waals surface area contributed by atoms with Gasteiger partial charge in [0.05, 0.1) is 18.4 Å². The maximum atomic E-state index is 12.2. The zero-order valence-corrected chi connectivity index (χ0v) is 13.6. The number of aryl methyl sites for hydroxylation is 2. The summed E-state index contributed by atoms with van der Waals surface area (Å²) >= 11 is 0. The Hall–Kier alpha value is -3.09. The Bertz CT molecular complexity index is 828. The van der Waals surface area contributed by atoms with Crippen molar-refractivity contribution in [1.82, 2.24) is 4.57 Å². The number of rotatable bonds is 4. The molecule has 1 aromatic carbocycles. The maximum absolute atomic E-state index is 12.2. The van der Waals surface area contributed by atoms with Gasteiger partial charge < -0.3 is 19.7 Å². The Morgan fingerprint density at radius 1 is 1.17 bits per heavy atom. The molecule has 1 aromatic heterocycles. The van der Waals surface area contributed by atoms with Gasteiger partial charge in [-0.1, -0.05) is 0 Å². The third kappa shape index (κ3) is 3.81. The molecule has 2 rings (SSSR count). The first-order valence-corrected chi connectivity index (χ1v) is 7.21. The van der Waals surface area contributed by atoms with Gasteiger partial charge in [-0.05, 0) is 32.0 Å². The van der Waals surface area contributed by atoms with Crippen LogP contribution in [0.5, 0.6) is 5.75 Å². The molecule has 0 saturated heterocycles. The van der Waals surface area contributed by atoms with Crippen molar-refractivity contribution >= 4 is 17.6 Å². The monoisotopic (exact) mass is 330 g/mol. The minimum absolute atomic E-state index is 0.00383. The predicted octanol–water partition coefficient (Wildman–Crippen LogP) is 1.60. The third-order valence-electron chi connectivity index (χ3n) is 3.55. The van der Waals surface area contributed by atoms with E-state index in [1.165, 1.54) is 37.4 Å². The number of aromatic hydroxyl groups is 1. The van der Waals surface area contributed by atoms with E-state index < -0.39 is 5.97 Å². The Balaban J connectivity index is 2.16. The van der Waals surface area contributed by atoms with Gasteiger partial charge in [-0.15, -0.1) is 0 Å². The number of methoxy groups -OCH3 is 1. The van der Waals surface area contributed by atoms with E-state index in [9.17, 15) is 19.5 Å². The number of carbonyl (C=O) groups excluding carboxylic acids is 2. The number of hydrogen-bond donors (Lipinski definition) is 2. The predicted molar refractivity (Wildman–Crippen MR) is 88.3 cm³/mol. The summed E-state index contributed by atoms with van der Waals surface area (Å²) in [6.45, 7) is 3.48. The second-order valence-corrected chi connectivity index (χ2v) is 5.33. The molecule has 0 saturated carbocycles. The van der Waals surface area contributed by atoms with Gasteiger partial charge in [-0.3, -0.25) is 9.59 Å². The van der Waals surface area contributed by atoms with Gasteiger partial charge in [0, 0.05) is 23.5 Å². The van der Waals surface area contributed by atoms with Crippen LogP contribution >= 0.6 is 0 Å². The van der Waals surface area contributed by atoms with Crippen molar-refractivity contribution in [2.45, 2.75) is 20.4 Å². The van der Waals surface area contributed by atoms with E-state index in [0.717, 1.165) is 0 Å². The Kier molecular flexibility index (Phi) is 5.03. The van der Waals surface area contributed by atoms with E-state index in [-0.39, 0.29) is 34.9 Å². The molecule has 0 aliphatic rings. The molecule has 7 heteroatoms. The smallest absolute Gasteiger partial charge is 0.337 e. The van der Waals surface area contributed by atoms with Crippen LogP contribution in [0.2, 0.25) is 0 Å². The van der Waals surface area contributed by atoms with Gasteiger partial charge in [-0.25, -0.2) is 4.79 Å². The molecule has 0 unspecified atom stereocenters. The van der Waals surface area contributed by atoms with Gasteiger partial charge in [0.1, 0.15) is 12.3 Å². The van der Waals surface area contributed by atoms with Crippen molar-refractivity contribution in [3.8, 4) is 5.75 Å². The number of nitrogens with zero attached hydrogens (tertiary/aromatic N) is 1. The third-order valence-corrected chi connectivity index (χ3v) is 3.55. The van der Waals surface area contributed by atoms with Gasteiger partial charge in [0.15, 0.2) is 5.43 Å². The highest BCUT2D eigenvalue weighted by Crippen LogP contribution is 2.24. The summed E-state index contributed by atoms with van der Waals surface area (Å²) in [5, 5.41) is 12.5. The van der Waals surface area contributed by atoms with Gasteiger partial charge >= 0.3 is 5.97 Å². The van der Waals surface area contributed by atoms with E-state index in [4.69, 9.17) is 0 Å². The van der Waals surface area contributed by atoms with Crippen molar-refractivity contribution < 1.29 is 19.4 Å². The topological polar surface area (TPSA) is 97.6 Å². The van der Waals surface area contributed by atoms with Gasteiger partial charge in [0.25, 0.3) is 0 Å². The summed E-state index contributed by atoms with van der Waals surface area (Å²) in [5.74, 6) is -1.19. The van der Waals surface area contributed by atoms with E-state index in [1.54, 1.807) is 18.4 Å². The highest BCUT2D eigenvalue weighted by Gasteiger charge is 2.12. The number of amides is 1. The average Bonchev–Trinajstić information content (AvgIpc) is 2.52. The van der Waals surface area contributed by atoms with Crippen LogP contribution in [0.15, 0.2) is 35.1 Å². The summed E-state index contributed by atoms with van der Waals surface area (Å²) in [6.07, 6.45) is 0. The summed E-state index contributed by atoms with van der Waals surface area (Å²) in [7, 11) is 1.24. The molecule has 0 fully saturated rings. The average molecular weight is 330 g/mol. The van der Waals surface area contributed by atoms with Crippen molar-refractivity contribution in [3.05, 3.63) is 57.5 Å². The minimum atomic E-state index is -0.581. The molecule has 2 aromatic rings. The van der Waals surface area contributed by atoms with Gasteiger partial charge in [-0.2, -0.15) is 0 Å². The molecule has 0 spiro atoms. The lowest BCUT2D eigenvalue weighted by Crippen LogP contribution is -2.23. The second kappa shape index (κ2) is 6.99. The number of nitrogens with one attached hydrogen (secondary N) is 1. The SMILES string of the molecule is COC(=O)c1ccc(NC(=O)Cn2c(C)cc(=O)cc2C)c(O)c1. The van der Waals surface area contributed by atoms with Crippen LogP contribution in [0.1, 0.15) is 21.7 Å². The van der Waals surface area contributed by atoms with Crippen LogP contribution in [-0.2, 0) is 16.1 Å². The maximum Gasteiger partial charge on any atom is 0.337 e. The first kappa shape index (κ1) is 17.3. The molecular weight excluding hydrogens is 312 g/mol. The minimum Gasteiger partial charge on any atom is -0.506 e. The summed E-state index contributed by atoms with van der Waals surface area (Å²) in [4.78, 5) is 35.0. The standard InChI is InChI=1S/C17H18N2O5/c1-10-6-13(20)7-11(2)19(10)9-16(22)18-14-5-4-12(8-15(14)21)17(23)24-3/h4-8,21H,9H2,1-3H3,(H,18,22). The van der Waals surface area contributed by atoms with E-state index in [1.807, 2.05) is 0 Å². The second-order valence-electron chi connectivity index (χ2n) is 5.33. The lowest BCUT2D eigenvalue weighted by molar-refractivity contribution is -0.116. The molecule has 24 heavy (non-hydrogen) atoms. The first-order chi connectivity index (χ1) is 11.3. The van der Waals surface area contributed by atoms with Crippen LogP contribution in [0.25, 0.3) is 0 Å². The molecule has 0 radical (unpaired) electrons. The van der Waals surface area contributed by atoms with Gasteiger partial charge in [0.2, 0.25) is 5.91 Å². The molecular formula is C17H18N2O5. The number of hydrogen-bond acceptors (Lipinski definition) is 5. The highest BCUT2D eigenvalue weighted by atomic mass is 16.5. The summed E-state index contributed by atoms with van der Waals surface area (Å²) in [5.41, 5.74) is 1.59. The zero-order chi connectivity index (χ0) is 17.9. The lowest BCUT2D eigenvalue weighted by atomic mass is 10.2. The molecule has 0 atom stereocenters. The van der Waals surface area contributed by atoms with Crippen LogP contribution in [0.4, 0.5) is 5.69 Å². The Morgan fingerprint density at radius 3 is 2.33 bits per heavy atom. The number of pyridine rings is 1. The molecule has 0 bridgehead atoms. The molecule has 1 heterocycles. The number of carbonyl (C=O) groups is 2. The number of esters is 1. The van der Waals surface area contributed by atoms with Crippen LogP contribution in [-0.4, -0.2) is 28.7 Å². The molecule has 126 valence electrons.